The van der Waals surface area contributed by atoms with Crippen LogP contribution in [0.25, 0.3) is 0 Å². The van der Waals surface area contributed by atoms with Gasteiger partial charge in [0.25, 0.3) is 5.91 Å². The molecule has 3 atom stereocenters. The van der Waals surface area contributed by atoms with E-state index < -0.39 is 5.82 Å². The first-order valence-corrected chi connectivity index (χ1v) is 7.61. The van der Waals surface area contributed by atoms with Crippen LogP contribution in [-0.2, 0) is 0 Å². The summed E-state index contributed by atoms with van der Waals surface area (Å²) in [6.07, 6.45) is 3.44. The number of benzene rings is 1. The molecule has 2 aliphatic rings. The van der Waals surface area contributed by atoms with E-state index in [-0.39, 0.29) is 28.5 Å². The molecule has 2 aliphatic carbocycles. The molecule has 0 aromatic heterocycles. The first kappa shape index (κ1) is 14.4. The van der Waals surface area contributed by atoms with Crippen molar-refractivity contribution in [3.63, 3.8) is 0 Å². The number of anilines is 1. The number of hydrogen-bond donors (Lipinski definition) is 2. The van der Waals surface area contributed by atoms with E-state index in [0.29, 0.717) is 11.5 Å². The number of halogens is 1. The second-order valence-corrected chi connectivity index (χ2v) is 7.37. The maximum Gasteiger partial charge on any atom is 0.251 e. The number of amides is 1. The Balaban J connectivity index is 1.79. The summed E-state index contributed by atoms with van der Waals surface area (Å²) in [6.45, 7) is 6.91. The summed E-state index contributed by atoms with van der Waals surface area (Å²) in [7, 11) is 0. The standard InChI is InChI=1S/C17H23FN2O/c1-16(2)11-6-7-17(16,3)14(9-11)20-15(21)10-4-5-12(18)13(19)8-10/h4-5,8,11,14H,6-7,9,19H2,1-3H3,(H,20,21). The van der Waals surface area contributed by atoms with Crippen molar-refractivity contribution in [3.05, 3.63) is 29.6 Å². The third-order valence-electron chi connectivity index (χ3n) is 6.36. The molecule has 21 heavy (non-hydrogen) atoms. The molecular weight excluding hydrogens is 267 g/mol. The molecule has 3 N–H and O–H groups in total. The minimum atomic E-state index is -0.487. The molecular formula is C17H23FN2O. The Morgan fingerprint density at radius 3 is 2.62 bits per heavy atom. The number of nitrogens with one attached hydrogen (secondary N) is 1. The van der Waals surface area contributed by atoms with Crippen molar-refractivity contribution >= 4 is 11.6 Å². The molecule has 0 heterocycles. The maximum atomic E-state index is 13.2. The molecule has 2 fully saturated rings. The van der Waals surface area contributed by atoms with Crippen molar-refractivity contribution < 1.29 is 9.18 Å². The van der Waals surface area contributed by atoms with Crippen LogP contribution in [0.2, 0.25) is 0 Å². The van der Waals surface area contributed by atoms with E-state index in [2.05, 4.69) is 26.1 Å². The van der Waals surface area contributed by atoms with Crippen LogP contribution in [0.3, 0.4) is 0 Å². The number of carbonyl (C=O) groups is 1. The molecule has 0 spiro atoms. The molecule has 2 bridgehead atoms. The van der Waals surface area contributed by atoms with E-state index >= 15 is 0 Å². The van der Waals surface area contributed by atoms with Crippen LogP contribution in [0.15, 0.2) is 18.2 Å². The van der Waals surface area contributed by atoms with Crippen LogP contribution in [0.4, 0.5) is 10.1 Å². The van der Waals surface area contributed by atoms with Gasteiger partial charge in [0.15, 0.2) is 0 Å². The summed E-state index contributed by atoms with van der Waals surface area (Å²) in [6, 6.07) is 4.33. The van der Waals surface area contributed by atoms with E-state index in [1.165, 1.54) is 24.6 Å². The first-order chi connectivity index (χ1) is 9.75. The molecule has 1 amide bonds. The Labute approximate surface area is 125 Å². The van der Waals surface area contributed by atoms with Crippen LogP contribution < -0.4 is 11.1 Å². The number of fused-ring (bicyclic) bond motifs is 2. The normalized spacial score (nSPS) is 33.1. The highest BCUT2D eigenvalue weighted by Gasteiger charge is 2.61. The molecule has 3 rings (SSSR count). The van der Waals surface area contributed by atoms with Crippen molar-refractivity contribution in [3.8, 4) is 0 Å². The average molecular weight is 290 g/mol. The molecule has 1 aromatic rings. The van der Waals surface area contributed by atoms with Gasteiger partial charge in [-0.25, -0.2) is 4.39 Å². The zero-order chi connectivity index (χ0) is 15.4. The second-order valence-electron chi connectivity index (χ2n) is 7.37. The van der Waals surface area contributed by atoms with Crippen molar-refractivity contribution in [2.24, 2.45) is 16.7 Å². The zero-order valence-electron chi connectivity index (χ0n) is 12.9. The Bertz CT molecular complexity index is 598. The molecule has 0 saturated heterocycles. The summed E-state index contributed by atoms with van der Waals surface area (Å²) >= 11 is 0. The minimum Gasteiger partial charge on any atom is -0.396 e. The van der Waals surface area contributed by atoms with Gasteiger partial charge in [-0.05, 0) is 54.2 Å². The van der Waals surface area contributed by atoms with Gasteiger partial charge in [0, 0.05) is 11.6 Å². The van der Waals surface area contributed by atoms with Gasteiger partial charge in [0.2, 0.25) is 0 Å². The number of nitrogens with two attached hydrogens (primary N) is 1. The van der Waals surface area contributed by atoms with Gasteiger partial charge < -0.3 is 11.1 Å². The summed E-state index contributed by atoms with van der Waals surface area (Å²) in [5.41, 5.74) is 6.38. The molecule has 0 aliphatic heterocycles. The largest absolute Gasteiger partial charge is 0.396 e. The summed E-state index contributed by atoms with van der Waals surface area (Å²) in [5.74, 6) is 0.0296. The molecule has 114 valence electrons. The van der Waals surface area contributed by atoms with Crippen LogP contribution in [0, 0.1) is 22.6 Å². The molecule has 3 unspecified atom stereocenters. The summed E-state index contributed by atoms with van der Waals surface area (Å²) < 4.78 is 13.2. The SMILES string of the molecule is CC1(C)C2CCC1(C)C(NC(=O)c1ccc(F)c(N)c1)C2. The number of nitrogen functional groups attached to an aromatic ring is 1. The number of rotatable bonds is 2. The predicted molar refractivity (Wildman–Crippen MR) is 81.3 cm³/mol. The first-order valence-electron chi connectivity index (χ1n) is 7.61. The highest BCUT2D eigenvalue weighted by molar-refractivity contribution is 5.95. The van der Waals surface area contributed by atoms with Gasteiger partial charge >= 0.3 is 0 Å². The van der Waals surface area contributed by atoms with E-state index in [0.717, 1.165) is 12.8 Å². The Morgan fingerprint density at radius 2 is 2.10 bits per heavy atom. The quantitative estimate of drug-likeness (QED) is 0.821. The van der Waals surface area contributed by atoms with Crippen LogP contribution in [0.5, 0.6) is 0 Å². The van der Waals surface area contributed by atoms with E-state index in [4.69, 9.17) is 5.73 Å². The minimum absolute atomic E-state index is 0.0159. The van der Waals surface area contributed by atoms with Crippen molar-refractivity contribution in [1.82, 2.24) is 5.32 Å². The van der Waals surface area contributed by atoms with Gasteiger partial charge in [-0.1, -0.05) is 20.8 Å². The fourth-order valence-electron chi connectivity index (χ4n) is 4.35. The Hall–Kier alpha value is -1.58. The van der Waals surface area contributed by atoms with Crippen molar-refractivity contribution in [2.45, 2.75) is 46.1 Å². The zero-order valence-corrected chi connectivity index (χ0v) is 12.9. The smallest absolute Gasteiger partial charge is 0.251 e. The predicted octanol–water partition coefficient (Wildman–Crippen LogP) is 3.35. The molecule has 4 heteroatoms. The van der Waals surface area contributed by atoms with Crippen LogP contribution in [0.1, 0.15) is 50.4 Å². The van der Waals surface area contributed by atoms with Gasteiger partial charge in [0.05, 0.1) is 5.69 Å². The number of hydrogen-bond acceptors (Lipinski definition) is 2. The second kappa shape index (κ2) is 4.46. The van der Waals surface area contributed by atoms with E-state index in [1.807, 2.05) is 0 Å². The Kier molecular flexibility index (Phi) is 3.05. The summed E-state index contributed by atoms with van der Waals surface area (Å²) in [4.78, 5) is 12.4. The molecule has 3 nitrogen and oxygen atoms in total. The maximum absolute atomic E-state index is 13.2. The van der Waals surface area contributed by atoms with Crippen molar-refractivity contribution in [1.29, 1.82) is 0 Å². The number of carbonyl (C=O) groups excluding carboxylic acids is 1. The summed E-state index contributed by atoms with van der Waals surface area (Å²) in [5, 5.41) is 3.15. The molecule has 1 aromatic carbocycles. The van der Waals surface area contributed by atoms with E-state index in [1.54, 1.807) is 0 Å². The van der Waals surface area contributed by atoms with Gasteiger partial charge in [-0.2, -0.15) is 0 Å². The molecule has 0 radical (unpaired) electrons. The lowest BCUT2D eigenvalue weighted by atomic mass is 9.69. The highest BCUT2D eigenvalue weighted by atomic mass is 19.1. The lowest BCUT2D eigenvalue weighted by Crippen LogP contribution is -2.46. The topological polar surface area (TPSA) is 55.1 Å². The van der Waals surface area contributed by atoms with Crippen molar-refractivity contribution in [2.75, 3.05) is 5.73 Å². The third kappa shape index (κ3) is 1.95. The van der Waals surface area contributed by atoms with Crippen LogP contribution in [-0.4, -0.2) is 11.9 Å². The fraction of sp³-hybridized carbons (Fsp3) is 0.588. The highest BCUT2D eigenvalue weighted by Crippen LogP contribution is 2.65. The van der Waals surface area contributed by atoms with Gasteiger partial charge in [-0.15, -0.1) is 0 Å². The Morgan fingerprint density at radius 1 is 1.38 bits per heavy atom. The third-order valence-corrected chi connectivity index (χ3v) is 6.36. The van der Waals surface area contributed by atoms with Crippen LogP contribution >= 0.6 is 0 Å². The monoisotopic (exact) mass is 290 g/mol. The van der Waals surface area contributed by atoms with E-state index in [9.17, 15) is 9.18 Å². The van der Waals surface area contributed by atoms with Gasteiger partial charge in [-0.3, -0.25) is 4.79 Å². The lowest BCUT2D eigenvalue weighted by molar-refractivity contribution is 0.0826. The molecule has 2 saturated carbocycles. The lowest BCUT2D eigenvalue weighted by Gasteiger charge is -2.39. The fourth-order valence-corrected chi connectivity index (χ4v) is 4.35. The average Bonchev–Trinajstić information content (AvgIpc) is 2.75. The van der Waals surface area contributed by atoms with Gasteiger partial charge in [0.1, 0.15) is 5.82 Å².